The topological polar surface area (TPSA) is 89.0 Å². The molecule has 5 heteroatoms. The first-order valence-corrected chi connectivity index (χ1v) is 3.02. The van der Waals surface area contributed by atoms with E-state index in [0.29, 0.717) is 6.44 Å². The van der Waals surface area contributed by atoms with Gasteiger partial charge in [-0.2, -0.15) is 0 Å². The summed E-state index contributed by atoms with van der Waals surface area (Å²) in [6.07, 6.45) is 0.615. The standard InChI is InChI=1S/C7H9BN.ClH.2H2O/c9-6-8-7-4-2-1-3-5-7;;;/h1-5H,6,9H2;1H;2*1H2. The number of nitrogens with two attached hydrogens (primary N) is 1. The third-order valence-corrected chi connectivity index (χ3v) is 1.15. The largest absolute Gasteiger partial charge is 0.412 e. The summed E-state index contributed by atoms with van der Waals surface area (Å²) in [5, 5.41) is 0. The summed E-state index contributed by atoms with van der Waals surface area (Å²) >= 11 is 0. The van der Waals surface area contributed by atoms with Crippen molar-refractivity contribution >= 4 is 25.1 Å². The molecule has 0 aliphatic heterocycles. The molecular weight excluding hydrogens is 176 g/mol. The van der Waals surface area contributed by atoms with E-state index in [1.165, 1.54) is 5.46 Å². The maximum absolute atomic E-state index is 5.30. The number of benzene rings is 1. The van der Waals surface area contributed by atoms with Crippen LogP contribution in [-0.4, -0.2) is 24.7 Å². The molecule has 0 saturated heterocycles. The van der Waals surface area contributed by atoms with Crippen LogP contribution in [0.25, 0.3) is 0 Å². The summed E-state index contributed by atoms with van der Waals surface area (Å²) in [7, 11) is 1.99. The Bertz CT molecular complexity index is 174. The molecule has 1 radical (unpaired) electrons. The van der Waals surface area contributed by atoms with Crippen LogP contribution in [0.1, 0.15) is 0 Å². The Morgan fingerprint density at radius 1 is 1.08 bits per heavy atom. The van der Waals surface area contributed by atoms with Gasteiger partial charge in [0.15, 0.2) is 7.28 Å². The highest BCUT2D eigenvalue weighted by molar-refractivity contribution is 6.53. The Hall–Kier alpha value is -0.545. The van der Waals surface area contributed by atoms with Crippen LogP contribution in [0.2, 0.25) is 0 Å². The molecule has 0 spiro atoms. The smallest absolute Gasteiger partial charge is 0.168 e. The summed E-state index contributed by atoms with van der Waals surface area (Å²) in [4.78, 5) is 0. The van der Waals surface area contributed by atoms with Gasteiger partial charge >= 0.3 is 0 Å². The highest BCUT2D eigenvalue weighted by Gasteiger charge is 1.87. The van der Waals surface area contributed by atoms with Crippen LogP contribution in [-0.2, 0) is 0 Å². The number of halogens is 1. The van der Waals surface area contributed by atoms with Crippen LogP contribution >= 0.6 is 12.4 Å². The minimum Gasteiger partial charge on any atom is -0.412 e. The van der Waals surface area contributed by atoms with Gasteiger partial charge in [0.05, 0.1) is 0 Å². The second-order valence-electron chi connectivity index (χ2n) is 1.85. The highest BCUT2D eigenvalue weighted by Crippen LogP contribution is 1.79. The van der Waals surface area contributed by atoms with Crippen molar-refractivity contribution in [3.63, 3.8) is 0 Å². The van der Waals surface area contributed by atoms with E-state index in [-0.39, 0.29) is 23.4 Å². The first kappa shape index (κ1) is 17.5. The fraction of sp³-hybridized carbons (Fsp3) is 0.143. The Labute approximate surface area is 79.2 Å². The van der Waals surface area contributed by atoms with Crippen LogP contribution in [0.3, 0.4) is 0 Å². The Kier molecular flexibility index (Phi) is 15.3. The third kappa shape index (κ3) is 6.18. The molecule has 0 saturated carbocycles. The van der Waals surface area contributed by atoms with Crippen LogP contribution < -0.4 is 11.2 Å². The van der Waals surface area contributed by atoms with Crippen molar-refractivity contribution in [2.75, 3.05) is 6.44 Å². The molecule has 0 aliphatic carbocycles. The van der Waals surface area contributed by atoms with E-state index in [2.05, 4.69) is 0 Å². The number of hydrogen-bond acceptors (Lipinski definition) is 1. The van der Waals surface area contributed by atoms with E-state index >= 15 is 0 Å². The highest BCUT2D eigenvalue weighted by atomic mass is 35.5. The van der Waals surface area contributed by atoms with E-state index in [9.17, 15) is 0 Å². The molecular formula is C7H14BClNO2. The number of hydrogen-bond donors (Lipinski definition) is 1. The lowest BCUT2D eigenvalue weighted by molar-refractivity contribution is 0.823. The van der Waals surface area contributed by atoms with Crippen molar-refractivity contribution in [1.82, 2.24) is 0 Å². The Balaban J connectivity index is -0.000000270. The van der Waals surface area contributed by atoms with E-state index in [4.69, 9.17) is 5.73 Å². The molecule has 12 heavy (non-hydrogen) atoms. The molecule has 0 aromatic heterocycles. The Morgan fingerprint density at radius 2 is 1.58 bits per heavy atom. The SMILES string of the molecule is Cl.NC[B]c1ccccc1.O.O. The van der Waals surface area contributed by atoms with Crippen molar-refractivity contribution in [1.29, 1.82) is 0 Å². The lowest BCUT2D eigenvalue weighted by Gasteiger charge is -1.92. The van der Waals surface area contributed by atoms with Gasteiger partial charge in [-0.25, -0.2) is 0 Å². The summed E-state index contributed by atoms with van der Waals surface area (Å²) in [6, 6.07) is 10.1. The molecule has 0 atom stereocenters. The van der Waals surface area contributed by atoms with Gasteiger partial charge in [0.25, 0.3) is 0 Å². The predicted octanol–water partition coefficient (Wildman–Crippen LogP) is -1.30. The van der Waals surface area contributed by atoms with Gasteiger partial charge in [0, 0.05) is 0 Å². The zero-order valence-corrected chi connectivity index (χ0v) is 7.47. The summed E-state index contributed by atoms with van der Waals surface area (Å²) < 4.78 is 0. The first-order chi connectivity index (χ1) is 4.43. The van der Waals surface area contributed by atoms with Gasteiger partial charge in [-0.05, 0) is 6.44 Å². The average Bonchev–Trinajstić information content (AvgIpc) is 1.91. The third-order valence-electron chi connectivity index (χ3n) is 1.15. The van der Waals surface area contributed by atoms with Gasteiger partial charge in [0.2, 0.25) is 0 Å². The lowest BCUT2D eigenvalue weighted by atomic mass is 9.71. The monoisotopic (exact) mass is 190 g/mol. The fourth-order valence-corrected chi connectivity index (χ4v) is 0.725. The first-order valence-electron chi connectivity index (χ1n) is 3.02. The molecule has 0 aliphatic rings. The van der Waals surface area contributed by atoms with Gasteiger partial charge in [-0.15, -0.1) is 12.4 Å². The van der Waals surface area contributed by atoms with Gasteiger partial charge < -0.3 is 16.7 Å². The van der Waals surface area contributed by atoms with Gasteiger partial charge in [-0.3, -0.25) is 0 Å². The second-order valence-corrected chi connectivity index (χ2v) is 1.85. The summed E-state index contributed by atoms with van der Waals surface area (Å²) in [5.41, 5.74) is 6.50. The summed E-state index contributed by atoms with van der Waals surface area (Å²) in [6.45, 7) is 0. The van der Waals surface area contributed by atoms with E-state index in [0.717, 1.165) is 0 Å². The minimum absolute atomic E-state index is 0. The van der Waals surface area contributed by atoms with Crippen molar-refractivity contribution in [3.05, 3.63) is 30.3 Å². The van der Waals surface area contributed by atoms with Crippen LogP contribution in [0.4, 0.5) is 0 Å². The van der Waals surface area contributed by atoms with Crippen molar-refractivity contribution in [2.45, 2.75) is 0 Å². The maximum atomic E-state index is 5.30. The molecule has 1 aromatic rings. The molecule has 3 nitrogen and oxygen atoms in total. The number of rotatable bonds is 2. The molecule has 69 valence electrons. The minimum atomic E-state index is 0. The van der Waals surface area contributed by atoms with Crippen LogP contribution in [0.5, 0.6) is 0 Å². The average molecular weight is 190 g/mol. The zero-order chi connectivity index (χ0) is 6.53. The zero-order valence-electron chi connectivity index (χ0n) is 6.66. The van der Waals surface area contributed by atoms with Crippen LogP contribution in [0.15, 0.2) is 30.3 Å². The van der Waals surface area contributed by atoms with Crippen molar-refractivity contribution in [3.8, 4) is 0 Å². The molecule has 0 bridgehead atoms. The molecule has 0 amide bonds. The van der Waals surface area contributed by atoms with E-state index in [1.807, 2.05) is 37.6 Å². The summed E-state index contributed by atoms with van der Waals surface area (Å²) in [5.74, 6) is 0. The maximum Gasteiger partial charge on any atom is 0.168 e. The van der Waals surface area contributed by atoms with E-state index < -0.39 is 0 Å². The molecule has 1 rings (SSSR count). The predicted molar refractivity (Wildman–Crippen MR) is 55.4 cm³/mol. The molecule has 6 N–H and O–H groups in total. The van der Waals surface area contributed by atoms with Crippen molar-refractivity contribution in [2.24, 2.45) is 5.73 Å². The normalized spacial score (nSPS) is 6.75. The molecule has 0 heterocycles. The van der Waals surface area contributed by atoms with Crippen LogP contribution in [0, 0.1) is 0 Å². The molecule has 0 unspecified atom stereocenters. The fourth-order valence-electron chi connectivity index (χ4n) is 0.725. The molecule has 0 fully saturated rings. The molecule has 1 aromatic carbocycles. The van der Waals surface area contributed by atoms with Gasteiger partial charge in [-0.1, -0.05) is 35.8 Å². The lowest BCUT2D eigenvalue weighted by Crippen LogP contribution is -2.22. The Morgan fingerprint density at radius 3 is 2.00 bits per heavy atom. The quantitative estimate of drug-likeness (QED) is 0.578. The van der Waals surface area contributed by atoms with E-state index in [1.54, 1.807) is 0 Å². The van der Waals surface area contributed by atoms with Crippen molar-refractivity contribution < 1.29 is 11.0 Å². The van der Waals surface area contributed by atoms with Gasteiger partial charge in [0.1, 0.15) is 0 Å². The second kappa shape index (κ2) is 10.5.